The van der Waals surface area contributed by atoms with Gasteiger partial charge in [0.05, 0.1) is 12.5 Å². The molecular weight excluding hydrogens is 204 g/mol. The summed E-state index contributed by atoms with van der Waals surface area (Å²) in [6, 6.07) is 0. The number of aliphatic hydroxyl groups is 1. The molecular formula is C13H18O3. The van der Waals surface area contributed by atoms with Gasteiger partial charge in [0.25, 0.3) is 0 Å². The van der Waals surface area contributed by atoms with E-state index in [0.29, 0.717) is 12.3 Å². The highest BCUT2D eigenvalue weighted by Crippen LogP contribution is 2.53. The zero-order chi connectivity index (χ0) is 11.5. The molecule has 1 N–H and O–H groups in total. The molecule has 0 unspecified atom stereocenters. The zero-order valence-electron chi connectivity index (χ0n) is 9.82. The molecule has 3 heteroatoms. The molecule has 1 saturated heterocycles. The molecule has 1 fully saturated rings. The average molecular weight is 222 g/mol. The number of aliphatic hydroxyl groups excluding tert-OH is 1. The Morgan fingerprint density at radius 1 is 1.38 bits per heavy atom. The van der Waals surface area contributed by atoms with Crippen LogP contribution in [-0.2, 0) is 9.53 Å². The van der Waals surface area contributed by atoms with E-state index in [4.69, 9.17) is 4.74 Å². The van der Waals surface area contributed by atoms with Crippen LogP contribution in [0.2, 0.25) is 0 Å². The number of hydrogen-bond donors (Lipinski definition) is 1. The maximum absolute atomic E-state index is 11.3. The van der Waals surface area contributed by atoms with Crippen molar-refractivity contribution in [3.05, 3.63) is 11.1 Å². The van der Waals surface area contributed by atoms with Crippen molar-refractivity contribution in [2.75, 3.05) is 0 Å². The van der Waals surface area contributed by atoms with Gasteiger partial charge in [-0.1, -0.05) is 13.8 Å². The van der Waals surface area contributed by atoms with Gasteiger partial charge in [-0.05, 0) is 35.8 Å². The third-order valence-corrected chi connectivity index (χ3v) is 4.40. The number of carbonyl (C=O) groups is 1. The summed E-state index contributed by atoms with van der Waals surface area (Å²) in [6.45, 7) is 4.39. The summed E-state index contributed by atoms with van der Waals surface area (Å²) >= 11 is 0. The molecule has 3 nitrogen and oxygen atoms in total. The first-order valence-corrected chi connectivity index (χ1v) is 6.10. The van der Waals surface area contributed by atoms with Gasteiger partial charge in [-0.3, -0.25) is 4.79 Å². The lowest BCUT2D eigenvalue weighted by Gasteiger charge is -2.36. The Labute approximate surface area is 95.5 Å². The van der Waals surface area contributed by atoms with Crippen molar-refractivity contribution in [3.8, 4) is 0 Å². The molecule has 88 valence electrons. The third kappa shape index (κ3) is 1.27. The largest absolute Gasteiger partial charge is 0.457 e. The second kappa shape index (κ2) is 3.10. The van der Waals surface area contributed by atoms with Crippen LogP contribution < -0.4 is 0 Å². The normalized spacial score (nSPS) is 40.7. The predicted molar refractivity (Wildman–Crippen MR) is 58.7 cm³/mol. The molecule has 3 aliphatic rings. The highest BCUT2D eigenvalue weighted by molar-refractivity contribution is 5.73. The zero-order valence-corrected chi connectivity index (χ0v) is 9.82. The van der Waals surface area contributed by atoms with Gasteiger partial charge >= 0.3 is 5.97 Å². The topological polar surface area (TPSA) is 46.5 Å². The van der Waals surface area contributed by atoms with Gasteiger partial charge < -0.3 is 9.84 Å². The van der Waals surface area contributed by atoms with Crippen LogP contribution in [0.5, 0.6) is 0 Å². The second-order valence-electron chi connectivity index (χ2n) is 5.96. The Hall–Kier alpha value is -0.830. The van der Waals surface area contributed by atoms with E-state index in [1.807, 2.05) is 0 Å². The number of ether oxygens (including phenoxy) is 1. The Kier molecular flexibility index (Phi) is 2.00. The molecule has 0 spiro atoms. The van der Waals surface area contributed by atoms with Crippen LogP contribution in [0, 0.1) is 11.3 Å². The van der Waals surface area contributed by atoms with Crippen molar-refractivity contribution in [2.45, 2.75) is 51.7 Å². The van der Waals surface area contributed by atoms with Gasteiger partial charge in [0, 0.05) is 5.92 Å². The molecule has 1 aliphatic heterocycles. The number of rotatable bonds is 0. The minimum absolute atomic E-state index is 0.0348. The number of hydrogen-bond acceptors (Lipinski definition) is 3. The Morgan fingerprint density at radius 2 is 2.12 bits per heavy atom. The highest BCUT2D eigenvalue weighted by atomic mass is 16.6. The van der Waals surface area contributed by atoms with Gasteiger partial charge in [-0.2, -0.15) is 0 Å². The summed E-state index contributed by atoms with van der Waals surface area (Å²) in [5.74, 6) is 0.224. The van der Waals surface area contributed by atoms with Crippen molar-refractivity contribution in [1.29, 1.82) is 0 Å². The van der Waals surface area contributed by atoms with Crippen LogP contribution in [0.1, 0.15) is 39.5 Å². The molecule has 0 aromatic rings. The Morgan fingerprint density at radius 3 is 2.88 bits per heavy atom. The van der Waals surface area contributed by atoms with Crippen LogP contribution in [0.15, 0.2) is 11.1 Å². The minimum atomic E-state index is -0.299. The minimum Gasteiger partial charge on any atom is -0.457 e. The molecule has 2 aliphatic carbocycles. The standard InChI is InChI=1S/C13H18O3/c1-13(2)4-3-9(14)8-5-7-6-10(15)16-12(7)11(8)13/h7,9,12,14H,3-6H2,1-2H3/t7-,9-,12+/m0/s1. The van der Waals surface area contributed by atoms with Gasteiger partial charge in [0.15, 0.2) is 0 Å². The van der Waals surface area contributed by atoms with Gasteiger partial charge in [0.2, 0.25) is 0 Å². The summed E-state index contributed by atoms with van der Waals surface area (Å²) in [7, 11) is 0. The van der Waals surface area contributed by atoms with Crippen LogP contribution in [0.25, 0.3) is 0 Å². The van der Waals surface area contributed by atoms with Gasteiger partial charge in [0.1, 0.15) is 6.10 Å². The fraction of sp³-hybridized carbons (Fsp3) is 0.769. The molecule has 3 rings (SSSR count). The van der Waals surface area contributed by atoms with Crippen molar-refractivity contribution in [1.82, 2.24) is 0 Å². The van der Waals surface area contributed by atoms with Crippen LogP contribution in [0.4, 0.5) is 0 Å². The lowest BCUT2D eigenvalue weighted by Crippen LogP contribution is -2.31. The van der Waals surface area contributed by atoms with E-state index in [9.17, 15) is 9.90 Å². The predicted octanol–water partition coefficient (Wildman–Crippen LogP) is 1.80. The maximum atomic E-state index is 11.3. The van der Waals surface area contributed by atoms with Crippen LogP contribution in [0.3, 0.4) is 0 Å². The van der Waals surface area contributed by atoms with E-state index in [-0.39, 0.29) is 23.6 Å². The molecule has 3 atom stereocenters. The fourth-order valence-electron chi connectivity index (χ4n) is 3.60. The first kappa shape index (κ1) is 10.3. The highest BCUT2D eigenvalue weighted by Gasteiger charge is 2.51. The number of esters is 1. The van der Waals surface area contributed by atoms with Crippen LogP contribution in [-0.4, -0.2) is 23.3 Å². The molecule has 0 aromatic heterocycles. The van der Waals surface area contributed by atoms with E-state index in [2.05, 4.69) is 13.8 Å². The fourth-order valence-corrected chi connectivity index (χ4v) is 3.60. The van der Waals surface area contributed by atoms with Gasteiger partial charge in [-0.25, -0.2) is 0 Å². The monoisotopic (exact) mass is 222 g/mol. The average Bonchev–Trinajstić information content (AvgIpc) is 2.67. The summed E-state index contributed by atoms with van der Waals surface area (Å²) < 4.78 is 5.43. The molecule has 0 radical (unpaired) electrons. The van der Waals surface area contributed by atoms with E-state index in [1.165, 1.54) is 11.1 Å². The number of carbonyl (C=O) groups excluding carboxylic acids is 1. The quantitative estimate of drug-likeness (QED) is 0.502. The van der Waals surface area contributed by atoms with E-state index in [0.717, 1.165) is 19.3 Å². The molecule has 0 saturated carbocycles. The third-order valence-electron chi connectivity index (χ3n) is 4.40. The SMILES string of the molecule is CC1(C)CC[C@H](O)C2=C1[C@@H]1OC(=O)C[C@@H]1C2. The molecule has 0 bridgehead atoms. The van der Waals surface area contributed by atoms with E-state index in [1.54, 1.807) is 0 Å². The van der Waals surface area contributed by atoms with Crippen molar-refractivity contribution in [3.63, 3.8) is 0 Å². The van der Waals surface area contributed by atoms with Gasteiger partial charge in [-0.15, -0.1) is 0 Å². The van der Waals surface area contributed by atoms with E-state index >= 15 is 0 Å². The summed E-state index contributed by atoms with van der Waals surface area (Å²) in [6.07, 6.45) is 2.88. The first-order valence-electron chi connectivity index (χ1n) is 6.10. The lowest BCUT2D eigenvalue weighted by atomic mass is 9.71. The second-order valence-corrected chi connectivity index (χ2v) is 5.96. The molecule has 1 heterocycles. The molecule has 0 amide bonds. The van der Waals surface area contributed by atoms with Crippen LogP contribution >= 0.6 is 0 Å². The molecule has 16 heavy (non-hydrogen) atoms. The van der Waals surface area contributed by atoms with E-state index < -0.39 is 0 Å². The first-order chi connectivity index (χ1) is 7.49. The summed E-state index contributed by atoms with van der Waals surface area (Å²) in [5, 5.41) is 10.0. The summed E-state index contributed by atoms with van der Waals surface area (Å²) in [4.78, 5) is 11.3. The smallest absolute Gasteiger partial charge is 0.306 e. The molecule has 0 aromatic carbocycles. The lowest BCUT2D eigenvalue weighted by molar-refractivity contribution is -0.140. The maximum Gasteiger partial charge on any atom is 0.306 e. The van der Waals surface area contributed by atoms with Crippen molar-refractivity contribution < 1.29 is 14.6 Å². The summed E-state index contributed by atoms with van der Waals surface area (Å²) in [5.41, 5.74) is 2.47. The number of fused-ring (bicyclic) bond motifs is 2. The van der Waals surface area contributed by atoms with Crippen molar-refractivity contribution >= 4 is 5.97 Å². The van der Waals surface area contributed by atoms with Crippen molar-refractivity contribution in [2.24, 2.45) is 11.3 Å². The Balaban J connectivity index is 2.02. The Bertz CT molecular complexity index is 381.